The van der Waals surface area contributed by atoms with E-state index in [1.807, 2.05) is 23.2 Å². The largest absolute Gasteiger partial charge is 0.482 e. The molecule has 2 fully saturated rings. The van der Waals surface area contributed by atoms with Gasteiger partial charge in [-0.1, -0.05) is 17.3 Å². The van der Waals surface area contributed by atoms with E-state index in [-0.39, 0.29) is 5.91 Å². The summed E-state index contributed by atoms with van der Waals surface area (Å²) in [6.07, 6.45) is 6.01. The third kappa shape index (κ3) is 3.53. The van der Waals surface area contributed by atoms with Gasteiger partial charge in [0.25, 0.3) is 5.91 Å². The Bertz CT molecular complexity index is 1170. The molecule has 2 aromatic heterocycles. The quantitative estimate of drug-likeness (QED) is 0.610. The predicted molar refractivity (Wildman–Crippen MR) is 122 cm³/mol. The van der Waals surface area contributed by atoms with E-state index in [1.165, 1.54) is 31.6 Å². The van der Waals surface area contributed by atoms with Crippen molar-refractivity contribution in [3.05, 3.63) is 53.5 Å². The van der Waals surface area contributed by atoms with E-state index in [0.717, 1.165) is 30.0 Å². The van der Waals surface area contributed by atoms with Crippen molar-refractivity contribution in [2.75, 3.05) is 32.7 Å². The predicted octanol–water partition coefficient (Wildman–Crippen LogP) is 3.47. The summed E-state index contributed by atoms with van der Waals surface area (Å²) in [4.78, 5) is 17.3. The van der Waals surface area contributed by atoms with Crippen LogP contribution in [0.4, 0.5) is 0 Å². The zero-order valence-corrected chi connectivity index (χ0v) is 19.0. The maximum atomic E-state index is 12.9. The summed E-state index contributed by atoms with van der Waals surface area (Å²) in [5.41, 5.74) is 3.32. The summed E-state index contributed by atoms with van der Waals surface area (Å²) >= 11 is 0. The molecule has 0 aliphatic carbocycles. The SMILES string of the molecule is Cc1cc(C(=O)N2CCC3(CC2)Oc2ccccc2-c2c3cnn2CCN2CCCC2)no1. The molecule has 8 heteroatoms. The van der Waals surface area contributed by atoms with Gasteiger partial charge in [0.1, 0.15) is 17.1 Å². The van der Waals surface area contributed by atoms with E-state index in [0.29, 0.717) is 37.4 Å². The first-order valence-electron chi connectivity index (χ1n) is 11.9. The van der Waals surface area contributed by atoms with E-state index in [2.05, 4.69) is 26.9 Å². The minimum Gasteiger partial charge on any atom is -0.482 e. The van der Waals surface area contributed by atoms with Gasteiger partial charge in [-0.2, -0.15) is 5.10 Å². The van der Waals surface area contributed by atoms with Crippen LogP contribution in [0.2, 0.25) is 0 Å². The molecule has 33 heavy (non-hydrogen) atoms. The summed E-state index contributed by atoms with van der Waals surface area (Å²) in [6, 6.07) is 9.95. The summed E-state index contributed by atoms with van der Waals surface area (Å²) in [7, 11) is 0. The second-order valence-electron chi connectivity index (χ2n) is 9.39. The third-order valence-electron chi connectivity index (χ3n) is 7.31. The molecular weight excluding hydrogens is 418 g/mol. The Kier molecular flexibility index (Phi) is 4.98. The fourth-order valence-corrected chi connectivity index (χ4v) is 5.50. The molecule has 172 valence electrons. The number of aryl methyl sites for hydroxylation is 1. The lowest BCUT2D eigenvalue weighted by molar-refractivity contribution is -0.00203. The van der Waals surface area contributed by atoms with E-state index < -0.39 is 5.60 Å². The lowest BCUT2D eigenvalue weighted by Crippen LogP contribution is -2.49. The molecule has 0 unspecified atom stereocenters. The number of ether oxygens (including phenoxy) is 1. The number of likely N-dealkylation sites (tertiary alicyclic amines) is 2. The Hall–Kier alpha value is -3.13. The first-order chi connectivity index (χ1) is 16.1. The third-order valence-corrected chi connectivity index (χ3v) is 7.31. The van der Waals surface area contributed by atoms with E-state index >= 15 is 0 Å². The van der Waals surface area contributed by atoms with Crippen molar-refractivity contribution in [3.8, 4) is 17.0 Å². The maximum absolute atomic E-state index is 12.9. The number of piperidine rings is 1. The van der Waals surface area contributed by atoms with Crippen molar-refractivity contribution < 1.29 is 14.1 Å². The highest BCUT2D eigenvalue weighted by molar-refractivity contribution is 5.92. The molecule has 3 aromatic rings. The second kappa shape index (κ2) is 8.02. The van der Waals surface area contributed by atoms with Gasteiger partial charge in [-0.25, -0.2) is 0 Å². The zero-order chi connectivity index (χ0) is 22.4. The van der Waals surface area contributed by atoms with Crippen LogP contribution in [-0.2, 0) is 12.1 Å². The number of carbonyl (C=O) groups is 1. The van der Waals surface area contributed by atoms with Crippen LogP contribution >= 0.6 is 0 Å². The van der Waals surface area contributed by atoms with Crippen LogP contribution in [0.15, 0.2) is 41.1 Å². The van der Waals surface area contributed by atoms with Gasteiger partial charge in [0.15, 0.2) is 5.69 Å². The topological polar surface area (TPSA) is 76.6 Å². The number of aromatic nitrogens is 3. The molecule has 1 spiro atoms. The van der Waals surface area contributed by atoms with Crippen LogP contribution in [0.5, 0.6) is 5.75 Å². The van der Waals surface area contributed by atoms with Crippen LogP contribution in [0.25, 0.3) is 11.3 Å². The highest BCUT2D eigenvalue weighted by atomic mass is 16.5. The minimum atomic E-state index is -0.466. The number of benzene rings is 1. The number of rotatable bonds is 4. The van der Waals surface area contributed by atoms with Gasteiger partial charge >= 0.3 is 0 Å². The Labute approximate surface area is 193 Å². The monoisotopic (exact) mass is 447 g/mol. The number of amides is 1. The van der Waals surface area contributed by atoms with Gasteiger partial charge in [0, 0.05) is 49.7 Å². The van der Waals surface area contributed by atoms with Crippen molar-refractivity contribution in [2.45, 2.75) is 44.8 Å². The fourth-order valence-electron chi connectivity index (χ4n) is 5.50. The number of fused-ring (bicyclic) bond motifs is 4. The Morgan fingerprint density at radius 2 is 1.88 bits per heavy atom. The van der Waals surface area contributed by atoms with Gasteiger partial charge in [0.2, 0.25) is 0 Å². The number of hydrogen-bond acceptors (Lipinski definition) is 6. The normalized spacial score (nSPS) is 19.4. The maximum Gasteiger partial charge on any atom is 0.276 e. The Morgan fingerprint density at radius 1 is 1.09 bits per heavy atom. The molecular formula is C25H29N5O3. The molecule has 1 amide bonds. The number of carbonyl (C=O) groups excluding carboxylic acids is 1. The molecule has 8 nitrogen and oxygen atoms in total. The van der Waals surface area contributed by atoms with Gasteiger partial charge in [0.05, 0.1) is 18.4 Å². The Morgan fingerprint density at radius 3 is 2.64 bits per heavy atom. The van der Waals surface area contributed by atoms with Crippen molar-refractivity contribution in [3.63, 3.8) is 0 Å². The van der Waals surface area contributed by atoms with Gasteiger partial charge < -0.3 is 19.1 Å². The average Bonchev–Trinajstić information content (AvgIpc) is 3.59. The van der Waals surface area contributed by atoms with Crippen LogP contribution in [0, 0.1) is 6.92 Å². The first-order valence-corrected chi connectivity index (χ1v) is 11.9. The van der Waals surface area contributed by atoms with Crippen LogP contribution < -0.4 is 4.74 Å². The van der Waals surface area contributed by atoms with E-state index in [9.17, 15) is 4.79 Å². The summed E-state index contributed by atoms with van der Waals surface area (Å²) in [5.74, 6) is 1.46. The van der Waals surface area contributed by atoms with Gasteiger partial charge in [-0.15, -0.1) is 0 Å². The smallest absolute Gasteiger partial charge is 0.276 e. The molecule has 0 bridgehead atoms. The molecule has 3 aliphatic heterocycles. The van der Waals surface area contributed by atoms with Crippen molar-refractivity contribution >= 4 is 5.91 Å². The molecule has 6 rings (SSSR count). The molecule has 0 atom stereocenters. The second-order valence-corrected chi connectivity index (χ2v) is 9.39. The lowest BCUT2D eigenvalue weighted by Gasteiger charge is -2.44. The molecule has 0 saturated carbocycles. The minimum absolute atomic E-state index is 0.0839. The first kappa shape index (κ1) is 20.5. The molecule has 0 N–H and O–H groups in total. The molecule has 0 radical (unpaired) electrons. The molecule has 3 aliphatic rings. The lowest BCUT2D eigenvalue weighted by atomic mass is 9.81. The van der Waals surface area contributed by atoms with E-state index in [4.69, 9.17) is 14.4 Å². The Balaban J connectivity index is 1.27. The van der Waals surface area contributed by atoms with Crippen molar-refractivity contribution in [2.24, 2.45) is 0 Å². The van der Waals surface area contributed by atoms with Gasteiger partial charge in [-0.05, 0) is 45.0 Å². The zero-order valence-electron chi connectivity index (χ0n) is 19.0. The van der Waals surface area contributed by atoms with Crippen molar-refractivity contribution in [1.29, 1.82) is 0 Å². The van der Waals surface area contributed by atoms with Gasteiger partial charge in [-0.3, -0.25) is 9.48 Å². The standard InChI is InChI=1S/C25H29N5O3/c1-18-16-21(27-33-18)24(31)29-12-8-25(9-13-29)20-17-26-30(15-14-28-10-4-5-11-28)23(20)19-6-2-3-7-22(19)32-25/h2-3,6-7,16-17H,4-5,8-15H2,1H3. The highest BCUT2D eigenvalue weighted by Gasteiger charge is 2.46. The average molecular weight is 448 g/mol. The summed E-state index contributed by atoms with van der Waals surface area (Å²) in [5, 5.41) is 8.72. The molecule has 5 heterocycles. The van der Waals surface area contributed by atoms with Crippen molar-refractivity contribution in [1.82, 2.24) is 24.7 Å². The number of nitrogens with zero attached hydrogens (tertiary/aromatic N) is 5. The molecule has 2 saturated heterocycles. The summed E-state index contributed by atoms with van der Waals surface area (Å²) < 4.78 is 13.9. The number of hydrogen-bond donors (Lipinski definition) is 0. The molecule has 1 aromatic carbocycles. The van der Waals surface area contributed by atoms with Crippen LogP contribution in [0.1, 0.15) is 47.5 Å². The van der Waals surface area contributed by atoms with Crippen LogP contribution in [0.3, 0.4) is 0 Å². The number of para-hydroxylation sites is 1. The highest BCUT2D eigenvalue weighted by Crippen LogP contribution is 2.49. The fraction of sp³-hybridized carbons (Fsp3) is 0.480. The summed E-state index contributed by atoms with van der Waals surface area (Å²) in [6.45, 7) is 7.26. The van der Waals surface area contributed by atoms with E-state index in [1.54, 1.807) is 13.0 Å². The van der Waals surface area contributed by atoms with Crippen LogP contribution in [-0.4, -0.2) is 63.4 Å².